The van der Waals surface area contributed by atoms with E-state index in [4.69, 9.17) is 0 Å². The molecule has 0 aliphatic heterocycles. The normalized spacial score (nSPS) is 22.4. The number of nitrogens with zero attached hydrogens (tertiary/aromatic N) is 1. The molecular weight excluding hydrogens is 521 g/mol. The zero-order chi connectivity index (χ0) is 25.4. The maximum absolute atomic E-state index is 13.7. The van der Waals surface area contributed by atoms with Crippen molar-refractivity contribution in [1.82, 2.24) is 4.90 Å². The first-order valence-corrected chi connectivity index (χ1v) is 12.9. The molecule has 2 aromatic rings. The molecule has 4 nitrogen and oxygen atoms in total. The van der Waals surface area contributed by atoms with Crippen LogP contribution in [0.4, 0.5) is 23.7 Å². The van der Waals surface area contributed by atoms with E-state index in [0.29, 0.717) is 11.6 Å². The molecule has 1 saturated carbocycles. The fourth-order valence-electron chi connectivity index (χ4n) is 5.56. The zero-order valence-corrected chi connectivity index (χ0v) is 21.9. The third-order valence-corrected chi connectivity index (χ3v) is 7.87. The molecule has 1 fully saturated rings. The summed E-state index contributed by atoms with van der Waals surface area (Å²) < 4.78 is 42.4. The second-order valence-electron chi connectivity index (χ2n) is 10.7. The molecule has 35 heavy (non-hydrogen) atoms. The minimum absolute atomic E-state index is 0.0258. The molecule has 0 spiro atoms. The number of anilines is 1. The number of alkyl halides is 3. The molecule has 1 atom stereocenters. The van der Waals surface area contributed by atoms with Crippen molar-refractivity contribution in [3.63, 3.8) is 0 Å². The number of rotatable bonds is 4. The van der Waals surface area contributed by atoms with Crippen LogP contribution in [0, 0.1) is 11.3 Å². The Morgan fingerprint density at radius 1 is 1.00 bits per heavy atom. The highest BCUT2D eigenvalue weighted by atomic mass is 79.9. The van der Waals surface area contributed by atoms with Gasteiger partial charge >= 0.3 is 12.4 Å². The molecule has 0 bridgehead atoms. The van der Waals surface area contributed by atoms with Gasteiger partial charge in [0.05, 0.1) is 6.04 Å². The maximum atomic E-state index is 13.7. The number of fused-ring (bicyclic) bond motifs is 1. The number of carbonyl (C=O) groups is 1. The first-order chi connectivity index (χ1) is 16.4. The van der Waals surface area contributed by atoms with Crippen LogP contribution in [0.3, 0.4) is 0 Å². The van der Waals surface area contributed by atoms with Gasteiger partial charge in [-0.15, -0.1) is 13.2 Å². The smallest absolute Gasteiger partial charge is 0.406 e. The lowest BCUT2D eigenvalue weighted by Crippen LogP contribution is -2.47. The average molecular weight is 553 g/mol. The first-order valence-electron chi connectivity index (χ1n) is 12.1. The number of hydrogen-bond acceptors (Lipinski definition) is 2. The predicted molar refractivity (Wildman–Crippen MR) is 134 cm³/mol. The quantitative estimate of drug-likeness (QED) is 0.413. The zero-order valence-electron chi connectivity index (χ0n) is 20.3. The van der Waals surface area contributed by atoms with Crippen molar-refractivity contribution in [2.45, 2.75) is 77.7 Å². The molecule has 2 amide bonds. The van der Waals surface area contributed by atoms with Gasteiger partial charge in [0.25, 0.3) is 0 Å². The van der Waals surface area contributed by atoms with Crippen LogP contribution in [0.25, 0.3) is 0 Å². The summed E-state index contributed by atoms with van der Waals surface area (Å²) in [7, 11) is 0. The highest BCUT2D eigenvalue weighted by Gasteiger charge is 2.39. The van der Waals surface area contributed by atoms with E-state index in [1.165, 1.54) is 35.4 Å². The Labute approximate surface area is 213 Å². The second-order valence-corrected chi connectivity index (χ2v) is 11.6. The van der Waals surface area contributed by atoms with Crippen molar-refractivity contribution in [2.24, 2.45) is 11.3 Å². The Kier molecular flexibility index (Phi) is 7.41. The third-order valence-electron chi connectivity index (χ3n) is 7.38. The van der Waals surface area contributed by atoms with Crippen LogP contribution in [0.5, 0.6) is 5.75 Å². The molecule has 2 aliphatic rings. The van der Waals surface area contributed by atoms with Gasteiger partial charge < -0.3 is 15.0 Å². The molecule has 0 heterocycles. The van der Waals surface area contributed by atoms with Gasteiger partial charge in [0.1, 0.15) is 5.75 Å². The van der Waals surface area contributed by atoms with Gasteiger partial charge in [-0.2, -0.15) is 0 Å². The first kappa shape index (κ1) is 25.9. The Morgan fingerprint density at radius 2 is 1.66 bits per heavy atom. The van der Waals surface area contributed by atoms with Crippen molar-refractivity contribution in [2.75, 3.05) is 5.32 Å². The molecule has 1 N–H and O–H groups in total. The van der Waals surface area contributed by atoms with Crippen LogP contribution >= 0.6 is 15.9 Å². The van der Waals surface area contributed by atoms with E-state index in [1.807, 2.05) is 11.0 Å². The molecule has 0 saturated heterocycles. The largest absolute Gasteiger partial charge is 0.573 e. The standard InChI is InChI=1S/C27H32BrF3N2O2/c1-26(2,3)18-5-10-21(11-6-18)33(24-15-4-17-16-19(28)7-14-23(17)24)25(34)32-20-8-12-22(13-9-20)35-27(29,30)31/h7-9,12-14,16,18,21,24H,4-6,10-11,15H2,1-3H3,(H,32,34)/t18-,21-,24?. The van der Waals surface area contributed by atoms with Crippen LogP contribution in [-0.4, -0.2) is 23.3 Å². The van der Waals surface area contributed by atoms with E-state index < -0.39 is 6.36 Å². The lowest BCUT2D eigenvalue weighted by molar-refractivity contribution is -0.274. The van der Waals surface area contributed by atoms with Gasteiger partial charge in [0.2, 0.25) is 0 Å². The number of urea groups is 1. The van der Waals surface area contributed by atoms with E-state index in [1.54, 1.807) is 0 Å². The van der Waals surface area contributed by atoms with Crippen molar-refractivity contribution in [3.8, 4) is 5.75 Å². The van der Waals surface area contributed by atoms with E-state index in [9.17, 15) is 18.0 Å². The summed E-state index contributed by atoms with van der Waals surface area (Å²) in [6.07, 6.45) is 1.04. The minimum Gasteiger partial charge on any atom is -0.406 e. The van der Waals surface area contributed by atoms with Crippen LogP contribution in [0.2, 0.25) is 0 Å². The number of carbonyl (C=O) groups excluding carboxylic acids is 1. The number of halogens is 4. The predicted octanol–water partition coefficient (Wildman–Crippen LogP) is 8.47. The SMILES string of the molecule is CC(C)(C)[C@H]1CC[C@H](N(C(=O)Nc2ccc(OC(F)(F)F)cc2)C2CCc3cc(Br)ccc32)CC1. The van der Waals surface area contributed by atoms with Gasteiger partial charge in [0.15, 0.2) is 0 Å². The highest BCUT2D eigenvalue weighted by molar-refractivity contribution is 9.10. The monoisotopic (exact) mass is 552 g/mol. The molecule has 0 radical (unpaired) electrons. The summed E-state index contributed by atoms with van der Waals surface area (Å²) in [6.45, 7) is 6.83. The summed E-state index contributed by atoms with van der Waals surface area (Å²) in [5.41, 5.74) is 3.10. The number of aryl methyl sites for hydroxylation is 1. The summed E-state index contributed by atoms with van der Waals surface area (Å²) in [6, 6.07) is 11.4. The number of nitrogens with one attached hydrogen (secondary N) is 1. The molecule has 190 valence electrons. The molecular formula is C27H32BrF3N2O2. The Bertz CT molecular complexity index is 1040. The molecule has 4 rings (SSSR count). The Balaban J connectivity index is 1.55. The van der Waals surface area contributed by atoms with E-state index >= 15 is 0 Å². The maximum Gasteiger partial charge on any atom is 0.573 e. The van der Waals surface area contributed by atoms with Crippen LogP contribution in [0.1, 0.15) is 70.0 Å². The second kappa shape index (κ2) is 10.0. The number of benzene rings is 2. The molecule has 2 aromatic carbocycles. The van der Waals surface area contributed by atoms with E-state index in [2.05, 4.69) is 58.9 Å². The van der Waals surface area contributed by atoms with Gasteiger partial charge in [-0.25, -0.2) is 4.79 Å². The summed E-state index contributed by atoms with van der Waals surface area (Å²) >= 11 is 3.55. The van der Waals surface area contributed by atoms with E-state index in [-0.39, 0.29) is 29.3 Å². The van der Waals surface area contributed by atoms with Crippen LogP contribution in [-0.2, 0) is 6.42 Å². The molecule has 8 heteroatoms. The van der Waals surface area contributed by atoms with Gasteiger partial charge in [0, 0.05) is 16.2 Å². The third kappa shape index (κ3) is 6.32. The number of ether oxygens (including phenoxy) is 1. The van der Waals surface area contributed by atoms with Crippen LogP contribution < -0.4 is 10.1 Å². The topological polar surface area (TPSA) is 41.6 Å². The van der Waals surface area contributed by atoms with Gasteiger partial charge in [-0.05, 0) is 97.4 Å². The lowest BCUT2D eigenvalue weighted by atomic mass is 9.71. The van der Waals surface area contributed by atoms with Crippen molar-refractivity contribution in [3.05, 3.63) is 58.1 Å². The summed E-state index contributed by atoms with van der Waals surface area (Å²) in [4.78, 5) is 15.7. The molecule has 1 unspecified atom stereocenters. The number of hydrogen-bond donors (Lipinski definition) is 1. The fourth-order valence-corrected chi connectivity index (χ4v) is 5.97. The summed E-state index contributed by atoms with van der Waals surface area (Å²) in [5.74, 6) is 0.305. The fraction of sp³-hybridized carbons (Fsp3) is 0.519. The minimum atomic E-state index is -4.75. The number of amides is 2. The van der Waals surface area contributed by atoms with Crippen molar-refractivity contribution in [1.29, 1.82) is 0 Å². The molecule has 2 aliphatic carbocycles. The highest BCUT2D eigenvalue weighted by Crippen LogP contribution is 2.44. The van der Waals surface area contributed by atoms with Gasteiger partial charge in [-0.3, -0.25) is 0 Å². The summed E-state index contributed by atoms with van der Waals surface area (Å²) in [5, 5.41) is 2.93. The van der Waals surface area contributed by atoms with Gasteiger partial charge in [-0.1, -0.05) is 42.8 Å². The van der Waals surface area contributed by atoms with E-state index in [0.717, 1.165) is 43.0 Å². The van der Waals surface area contributed by atoms with Crippen LogP contribution in [0.15, 0.2) is 46.9 Å². The Hall–Kier alpha value is -2.22. The van der Waals surface area contributed by atoms with Crippen molar-refractivity contribution < 1.29 is 22.7 Å². The Morgan fingerprint density at radius 3 is 2.26 bits per heavy atom. The average Bonchev–Trinajstić information content (AvgIpc) is 3.16. The molecule has 0 aromatic heterocycles. The lowest BCUT2D eigenvalue weighted by Gasteiger charge is -2.43. The van der Waals surface area contributed by atoms with Crippen molar-refractivity contribution >= 4 is 27.6 Å².